The second-order valence-corrected chi connectivity index (χ2v) is 9.08. The van der Waals surface area contributed by atoms with Gasteiger partial charge in [-0.05, 0) is 25.5 Å². The number of aliphatic hydroxyl groups excluding tert-OH is 1. The summed E-state index contributed by atoms with van der Waals surface area (Å²) in [4.78, 5) is 0. The molecule has 2 rings (SSSR count). The quantitative estimate of drug-likeness (QED) is 0.831. The van der Waals surface area contributed by atoms with E-state index < -0.39 is 25.5 Å². The Morgan fingerprint density at radius 1 is 1.40 bits per heavy atom. The Hall–Kier alpha value is -1.03. The Bertz CT molecular complexity index is 498. The lowest BCUT2D eigenvalue weighted by molar-refractivity contribution is -0.117. The van der Waals surface area contributed by atoms with E-state index >= 15 is 0 Å². The van der Waals surface area contributed by atoms with Crippen LogP contribution in [0.5, 0.6) is 11.5 Å². The van der Waals surface area contributed by atoms with Crippen molar-refractivity contribution in [3.8, 4) is 11.5 Å². The van der Waals surface area contributed by atoms with E-state index in [2.05, 4.69) is 0 Å². The van der Waals surface area contributed by atoms with Gasteiger partial charge in [0, 0.05) is 12.6 Å². The molecular weight excluding hydrogens is 279 g/mol. The molecule has 2 N–H and O–H groups in total. The monoisotopic (exact) mass is 300 g/mol. The molecule has 1 aromatic carbocycles. The Morgan fingerprint density at radius 3 is 2.75 bits per heavy atom. The molecule has 5 nitrogen and oxygen atoms in total. The minimum atomic E-state index is -2.28. The molecule has 20 heavy (non-hydrogen) atoms. The lowest BCUT2D eigenvalue weighted by atomic mass is 10.0. The number of para-hydroxylation sites is 2. The summed E-state index contributed by atoms with van der Waals surface area (Å²) >= 11 is 0. The van der Waals surface area contributed by atoms with Crippen LogP contribution < -0.4 is 4.74 Å². The van der Waals surface area contributed by atoms with Crippen LogP contribution in [0.25, 0.3) is 0 Å². The smallest absolute Gasteiger partial charge is 0.161 e. The predicted molar refractivity (Wildman–Crippen MR) is 77.2 cm³/mol. The zero-order valence-corrected chi connectivity index (χ0v) is 12.6. The van der Waals surface area contributed by atoms with E-state index in [1.54, 1.807) is 31.5 Å². The van der Waals surface area contributed by atoms with E-state index in [4.69, 9.17) is 9.47 Å². The average molecular weight is 300 g/mol. The summed E-state index contributed by atoms with van der Waals surface area (Å²) in [5.74, 6) is 0.382. The van der Waals surface area contributed by atoms with E-state index in [1.165, 1.54) is 6.07 Å². The molecule has 0 amide bonds. The normalized spacial score (nSPS) is 27.2. The second kappa shape index (κ2) is 6.17. The maximum Gasteiger partial charge on any atom is 0.161 e. The molecule has 1 aliphatic rings. The van der Waals surface area contributed by atoms with Crippen molar-refractivity contribution in [2.45, 2.75) is 24.7 Å². The van der Waals surface area contributed by atoms with Crippen molar-refractivity contribution in [1.82, 2.24) is 0 Å². The van der Waals surface area contributed by atoms with Gasteiger partial charge in [-0.3, -0.25) is 0 Å². The van der Waals surface area contributed by atoms with Crippen molar-refractivity contribution in [1.29, 1.82) is 0 Å². The zero-order valence-electron chi connectivity index (χ0n) is 11.7. The highest BCUT2D eigenvalue weighted by Gasteiger charge is 2.36. The molecule has 6 heteroatoms. The fourth-order valence-corrected chi connectivity index (χ4v) is 3.48. The molecule has 2 unspecified atom stereocenters. The number of benzene rings is 1. The van der Waals surface area contributed by atoms with Crippen LogP contribution in [0.15, 0.2) is 24.3 Å². The van der Waals surface area contributed by atoms with Gasteiger partial charge in [0.25, 0.3) is 0 Å². The van der Waals surface area contributed by atoms with Crippen LogP contribution >= 0.6 is 7.14 Å². The first-order chi connectivity index (χ1) is 9.37. The lowest BCUT2D eigenvalue weighted by Gasteiger charge is -2.35. The Labute approximate surface area is 118 Å². The highest BCUT2D eigenvalue weighted by Crippen LogP contribution is 2.39. The highest BCUT2D eigenvalue weighted by molar-refractivity contribution is 7.62. The molecule has 0 aromatic heterocycles. The molecular formula is C14H21O5P. The van der Waals surface area contributed by atoms with Crippen molar-refractivity contribution >= 4 is 7.14 Å². The second-order valence-electron chi connectivity index (χ2n) is 5.57. The number of hydrogen-bond acceptors (Lipinski definition) is 5. The van der Waals surface area contributed by atoms with Gasteiger partial charge in [0.1, 0.15) is 12.2 Å². The highest BCUT2D eigenvalue weighted by atomic mass is 31.2. The van der Waals surface area contributed by atoms with Gasteiger partial charge in [-0.15, -0.1) is 0 Å². The summed E-state index contributed by atoms with van der Waals surface area (Å²) in [6.07, 6.45) is -0.941. The largest absolute Gasteiger partial charge is 0.504 e. The molecule has 1 heterocycles. The third kappa shape index (κ3) is 3.98. The van der Waals surface area contributed by atoms with Crippen LogP contribution in [0, 0.1) is 0 Å². The molecule has 0 aliphatic carbocycles. The standard InChI is InChI=1S/C14H21O5P/c1-20(2,17)9-13-14(16)12(7-8-18-13)19-11-6-4-3-5-10(11)15/h3-6,12-16H,7-9H2,1-2H3/t12?,13?,14-/m0/s1. The topological polar surface area (TPSA) is 76.0 Å². The van der Waals surface area contributed by atoms with Gasteiger partial charge in [-0.2, -0.15) is 0 Å². The number of phenols is 1. The third-order valence-corrected chi connectivity index (χ3v) is 4.50. The molecule has 0 radical (unpaired) electrons. The Kier molecular flexibility index (Phi) is 4.74. The van der Waals surface area contributed by atoms with Crippen molar-refractivity contribution < 1.29 is 24.3 Å². The maximum absolute atomic E-state index is 11.9. The first-order valence-corrected chi connectivity index (χ1v) is 9.44. The SMILES string of the molecule is CP(C)(=O)CC1OCCC(Oc2ccccc2O)[C@@H]1O. The van der Waals surface area contributed by atoms with Gasteiger partial charge in [0.05, 0.1) is 19.9 Å². The summed E-state index contributed by atoms with van der Waals surface area (Å²) < 4.78 is 23.0. The van der Waals surface area contributed by atoms with Crippen LogP contribution in [0.4, 0.5) is 0 Å². The molecule has 0 spiro atoms. The molecule has 1 saturated heterocycles. The minimum absolute atomic E-state index is 0.0411. The van der Waals surface area contributed by atoms with Crippen molar-refractivity contribution in [2.24, 2.45) is 0 Å². The first kappa shape index (κ1) is 15.4. The molecule has 3 atom stereocenters. The minimum Gasteiger partial charge on any atom is -0.504 e. The van der Waals surface area contributed by atoms with Crippen molar-refractivity contribution in [3.05, 3.63) is 24.3 Å². The van der Waals surface area contributed by atoms with Gasteiger partial charge >= 0.3 is 0 Å². The van der Waals surface area contributed by atoms with Gasteiger partial charge in [-0.1, -0.05) is 12.1 Å². The summed E-state index contributed by atoms with van der Waals surface area (Å²) in [7, 11) is -2.28. The molecule has 1 aromatic rings. The predicted octanol–water partition coefficient (Wildman–Crippen LogP) is 1.91. The van der Waals surface area contributed by atoms with Gasteiger partial charge < -0.3 is 24.3 Å². The van der Waals surface area contributed by atoms with E-state index in [0.29, 0.717) is 24.9 Å². The van der Waals surface area contributed by atoms with Crippen molar-refractivity contribution in [2.75, 3.05) is 26.1 Å². The third-order valence-electron chi connectivity index (χ3n) is 3.26. The summed E-state index contributed by atoms with van der Waals surface area (Å²) in [6.45, 7) is 3.80. The first-order valence-electron chi connectivity index (χ1n) is 6.65. The Morgan fingerprint density at radius 2 is 2.10 bits per heavy atom. The number of rotatable bonds is 4. The summed E-state index contributed by atoms with van der Waals surface area (Å²) in [6, 6.07) is 6.64. The average Bonchev–Trinajstić information content (AvgIpc) is 2.35. The maximum atomic E-state index is 11.9. The number of hydrogen-bond donors (Lipinski definition) is 2. The molecule has 0 bridgehead atoms. The van der Waals surface area contributed by atoms with Crippen LogP contribution in [-0.2, 0) is 9.30 Å². The van der Waals surface area contributed by atoms with E-state index in [-0.39, 0.29) is 5.75 Å². The number of phenolic OH excluding ortho intramolecular Hbond substituents is 1. The van der Waals surface area contributed by atoms with Crippen LogP contribution in [-0.4, -0.2) is 54.6 Å². The number of ether oxygens (including phenoxy) is 2. The lowest BCUT2D eigenvalue weighted by Crippen LogP contribution is -2.48. The van der Waals surface area contributed by atoms with Crippen LogP contribution in [0.3, 0.4) is 0 Å². The van der Waals surface area contributed by atoms with E-state index in [9.17, 15) is 14.8 Å². The Balaban J connectivity index is 2.05. The summed E-state index contributed by atoms with van der Waals surface area (Å²) in [5, 5.41) is 20.0. The molecule has 1 fully saturated rings. The van der Waals surface area contributed by atoms with Crippen molar-refractivity contribution in [3.63, 3.8) is 0 Å². The molecule has 1 aliphatic heterocycles. The van der Waals surface area contributed by atoms with Gasteiger partial charge in [-0.25, -0.2) is 0 Å². The van der Waals surface area contributed by atoms with E-state index in [1.807, 2.05) is 0 Å². The molecule has 0 saturated carbocycles. The number of aliphatic hydroxyl groups is 1. The summed E-state index contributed by atoms with van der Waals surface area (Å²) in [5.41, 5.74) is 0. The molecule has 112 valence electrons. The van der Waals surface area contributed by atoms with Gasteiger partial charge in [0.15, 0.2) is 11.5 Å². The van der Waals surface area contributed by atoms with E-state index in [0.717, 1.165) is 0 Å². The fraction of sp³-hybridized carbons (Fsp3) is 0.571. The zero-order chi connectivity index (χ0) is 14.8. The van der Waals surface area contributed by atoms with Gasteiger partial charge in [0.2, 0.25) is 0 Å². The number of aromatic hydroxyl groups is 1. The van der Waals surface area contributed by atoms with Crippen LogP contribution in [0.1, 0.15) is 6.42 Å². The fourth-order valence-electron chi connectivity index (χ4n) is 2.29. The van der Waals surface area contributed by atoms with Crippen LogP contribution in [0.2, 0.25) is 0 Å².